The van der Waals surface area contributed by atoms with E-state index in [-0.39, 0.29) is 24.1 Å². The number of hydrogen-bond donors (Lipinski definition) is 0. The van der Waals surface area contributed by atoms with E-state index in [0.29, 0.717) is 10.0 Å². The van der Waals surface area contributed by atoms with Gasteiger partial charge in [-0.15, -0.1) is 0 Å². The maximum atomic E-state index is 12.1. The number of likely N-dealkylation sites (N-methyl/N-ethyl adjacent to an activating group) is 1. The molecule has 4 nitrogen and oxygen atoms in total. The van der Waals surface area contributed by atoms with Gasteiger partial charge in [0, 0.05) is 19.3 Å². The molecular formula is C13H17Cl2NO3S. The van der Waals surface area contributed by atoms with Crippen molar-refractivity contribution in [2.75, 3.05) is 19.1 Å². The van der Waals surface area contributed by atoms with Gasteiger partial charge >= 0.3 is 0 Å². The van der Waals surface area contributed by atoms with E-state index in [1.54, 1.807) is 32.2 Å². The number of halogens is 2. The van der Waals surface area contributed by atoms with Crippen LogP contribution in [0.1, 0.15) is 12.5 Å². The molecule has 7 heteroatoms. The predicted molar refractivity (Wildman–Crippen MR) is 82.1 cm³/mol. The highest BCUT2D eigenvalue weighted by Crippen LogP contribution is 2.23. The lowest BCUT2D eigenvalue weighted by Crippen LogP contribution is -2.40. The molecule has 1 atom stereocenters. The molecule has 0 saturated heterocycles. The van der Waals surface area contributed by atoms with Gasteiger partial charge in [-0.2, -0.15) is 0 Å². The SMILES string of the molecule is C[C@@H](CS(C)(=O)=O)N(C)C(=O)Cc1ccc(Cl)c(Cl)c1. The van der Waals surface area contributed by atoms with E-state index in [2.05, 4.69) is 0 Å². The molecular weight excluding hydrogens is 321 g/mol. The second kappa shape index (κ2) is 6.78. The first kappa shape index (κ1) is 17.3. The summed E-state index contributed by atoms with van der Waals surface area (Å²) in [4.78, 5) is 13.5. The molecule has 1 aromatic rings. The zero-order chi connectivity index (χ0) is 15.5. The van der Waals surface area contributed by atoms with Crippen molar-refractivity contribution in [3.63, 3.8) is 0 Å². The molecule has 0 fully saturated rings. The monoisotopic (exact) mass is 337 g/mol. The van der Waals surface area contributed by atoms with Crippen LogP contribution in [0.25, 0.3) is 0 Å². The molecule has 0 heterocycles. The van der Waals surface area contributed by atoms with Gasteiger partial charge in [0.15, 0.2) is 0 Å². The summed E-state index contributed by atoms with van der Waals surface area (Å²) in [6.45, 7) is 1.70. The van der Waals surface area contributed by atoms with Gasteiger partial charge < -0.3 is 4.90 Å². The molecule has 0 N–H and O–H groups in total. The molecule has 1 amide bonds. The third-order valence-corrected chi connectivity index (χ3v) is 4.76. The molecule has 0 aliphatic carbocycles. The number of rotatable bonds is 5. The molecule has 0 spiro atoms. The summed E-state index contributed by atoms with van der Waals surface area (Å²) in [5.41, 5.74) is 0.739. The van der Waals surface area contributed by atoms with Crippen LogP contribution in [0.15, 0.2) is 18.2 Å². The maximum Gasteiger partial charge on any atom is 0.227 e. The van der Waals surface area contributed by atoms with Crippen LogP contribution in [-0.2, 0) is 21.1 Å². The first-order valence-corrected chi connectivity index (χ1v) is 8.79. The standard InChI is InChI=1S/C13H17Cl2NO3S/c1-9(8-20(3,18)19)16(2)13(17)7-10-4-5-11(14)12(15)6-10/h4-6,9H,7-8H2,1-3H3/t9-/m0/s1. The summed E-state index contributed by atoms with van der Waals surface area (Å²) in [5, 5.41) is 0.825. The lowest BCUT2D eigenvalue weighted by atomic mass is 10.1. The highest BCUT2D eigenvalue weighted by atomic mass is 35.5. The van der Waals surface area contributed by atoms with E-state index < -0.39 is 9.84 Å². The van der Waals surface area contributed by atoms with Crippen molar-refractivity contribution in [3.8, 4) is 0 Å². The Morgan fingerprint density at radius 3 is 2.40 bits per heavy atom. The third-order valence-electron chi connectivity index (χ3n) is 2.94. The molecule has 0 aromatic heterocycles. The van der Waals surface area contributed by atoms with Gasteiger partial charge in [0.2, 0.25) is 5.91 Å². The van der Waals surface area contributed by atoms with Crippen molar-refractivity contribution in [2.45, 2.75) is 19.4 Å². The minimum Gasteiger partial charge on any atom is -0.342 e. The van der Waals surface area contributed by atoms with Gasteiger partial charge in [0.25, 0.3) is 0 Å². The van der Waals surface area contributed by atoms with E-state index >= 15 is 0 Å². The third kappa shape index (κ3) is 5.31. The molecule has 0 radical (unpaired) electrons. The van der Waals surface area contributed by atoms with E-state index in [9.17, 15) is 13.2 Å². The summed E-state index contributed by atoms with van der Waals surface area (Å²) in [7, 11) is -1.53. The average molecular weight is 338 g/mol. The van der Waals surface area contributed by atoms with Crippen molar-refractivity contribution >= 4 is 38.9 Å². The van der Waals surface area contributed by atoms with Crippen molar-refractivity contribution in [1.82, 2.24) is 4.90 Å². The minimum atomic E-state index is -3.12. The van der Waals surface area contributed by atoms with Gasteiger partial charge in [0.1, 0.15) is 9.84 Å². The van der Waals surface area contributed by atoms with Crippen LogP contribution in [0.3, 0.4) is 0 Å². The van der Waals surface area contributed by atoms with Crippen molar-refractivity contribution in [1.29, 1.82) is 0 Å². The number of hydrogen-bond acceptors (Lipinski definition) is 3. The first-order chi connectivity index (χ1) is 9.10. The van der Waals surface area contributed by atoms with Gasteiger partial charge in [-0.25, -0.2) is 8.42 Å². The number of nitrogens with zero attached hydrogens (tertiary/aromatic N) is 1. The highest BCUT2D eigenvalue weighted by Gasteiger charge is 2.20. The van der Waals surface area contributed by atoms with E-state index in [4.69, 9.17) is 23.2 Å². The Bertz CT molecular complexity index is 602. The number of sulfone groups is 1. The zero-order valence-corrected chi connectivity index (χ0v) is 13.9. The molecule has 112 valence electrons. The summed E-state index contributed by atoms with van der Waals surface area (Å²) >= 11 is 11.7. The fourth-order valence-corrected chi connectivity index (χ4v) is 3.17. The van der Waals surface area contributed by atoms with Crippen molar-refractivity contribution < 1.29 is 13.2 Å². The van der Waals surface area contributed by atoms with Crippen molar-refractivity contribution in [3.05, 3.63) is 33.8 Å². The van der Waals surface area contributed by atoms with Crippen LogP contribution >= 0.6 is 23.2 Å². The first-order valence-electron chi connectivity index (χ1n) is 5.97. The van der Waals surface area contributed by atoms with Gasteiger partial charge in [0.05, 0.1) is 22.2 Å². The Morgan fingerprint density at radius 2 is 1.90 bits per heavy atom. The summed E-state index contributed by atoms with van der Waals surface area (Å²) in [5.74, 6) is -0.226. The molecule has 0 saturated carbocycles. The van der Waals surface area contributed by atoms with Crippen LogP contribution in [-0.4, -0.2) is 44.3 Å². The Balaban J connectivity index is 2.72. The van der Waals surface area contributed by atoms with E-state index in [0.717, 1.165) is 11.8 Å². The highest BCUT2D eigenvalue weighted by molar-refractivity contribution is 7.90. The Hall–Kier alpha value is -0.780. The number of carbonyl (C=O) groups excluding carboxylic acids is 1. The molecule has 0 unspecified atom stereocenters. The second-order valence-corrected chi connectivity index (χ2v) is 7.87. The fraction of sp³-hybridized carbons (Fsp3) is 0.462. The molecule has 1 rings (SSSR count). The van der Waals surface area contributed by atoms with Gasteiger partial charge in [-0.05, 0) is 24.6 Å². The lowest BCUT2D eigenvalue weighted by molar-refractivity contribution is -0.130. The largest absolute Gasteiger partial charge is 0.342 e. The smallest absolute Gasteiger partial charge is 0.227 e. The van der Waals surface area contributed by atoms with E-state index in [1.807, 2.05) is 0 Å². The van der Waals surface area contributed by atoms with Crippen LogP contribution in [0.4, 0.5) is 0 Å². The Morgan fingerprint density at radius 1 is 1.30 bits per heavy atom. The molecule has 20 heavy (non-hydrogen) atoms. The van der Waals surface area contributed by atoms with E-state index in [1.165, 1.54) is 4.90 Å². The topological polar surface area (TPSA) is 54.5 Å². The summed E-state index contributed by atoms with van der Waals surface area (Å²) < 4.78 is 22.5. The Kier molecular flexibility index (Phi) is 5.86. The van der Waals surface area contributed by atoms with Crippen molar-refractivity contribution in [2.24, 2.45) is 0 Å². The Labute approximate surface area is 129 Å². The van der Waals surface area contributed by atoms with Gasteiger partial charge in [-0.1, -0.05) is 29.3 Å². The number of carbonyl (C=O) groups is 1. The molecule has 0 aliphatic rings. The normalized spacial score (nSPS) is 13.1. The van der Waals surface area contributed by atoms with Crippen LogP contribution < -0.4 is 0 Å². The van der Waals surface area contributed by atoms with Crippen LogP contribution in [0.2, 0.25) is 10.0 Å². The maximum absolute atomic E-state index is 12.1. The lowest BCUT2D eigenvalue weighted by Gasteiger charge is -2.24. The fourth-order valence-electron chi connectivity index (χ4n) is 1.74. The summed E-state index contributed by atoms with van der Waals surface area (Å²) in [6.07, 6.45) is 1.31. The number of amides is 1. The summed E-state index contributed by atoms with van der Waals surface area (Å²) in [6, 6.07) is 4.62. The van der Waals surface area contributed by atoms with Crippen LogP contribution in [0, 0.1) is 0 Å². The minimum absolute atomic E-state index is 0.0589. The number of benzene rings is 1. The van der Waals surface area contributed by atoms with Gasteiger partial charge in [-0.3, -0.25) is 4.79 Å². The van der Waals surface area contributed by atoms with Crippen LogP contribution in [0.5, 0.6) is 0 Å². The molecule has 1 aromatic carbocycles. The quantitative estimate of drug-likeness (QED) is 0.829. The zero-order valence-electron chi connectivity index (χ0n) is 11.6. The second-order valence-electron chi connectivity index (χ2n) is 4.87. The predicted octanol–water partition coefficient (Wildman–Crippen LogP) is 2.43. The molecule has 0 aliphatic heterocycles. The molecule has 0 bridgehead atoms. The average Bonchev–Trinajstić information content (AvgIpc) is 2.30.